The molecule has 1 aromatic rings. The van der Waals surface area contributed by atoms with Gasteiger partial charge in [-0.05, 0) is 37.8 Å². The minimum absolute atomic E-state index is 0.0540. The summed E-state index contributed by atoms with van der Waals surface area (Å²) in [6.07, 6.45) is 3.15. The number of rotatable bonds is 8. The Morgan fingerprint density at radius 3 is 2.80 bits per heavy atom. The Kier molecular flexibility index (Phi) is 4.99. The summed E-state index contributed by atoms with van der Waals surface area (Å²) in [4.78, 5) is 0. The third-order valence-electron chi connectivity index (χ3n) is 3.76. The van der Waals surface area contributed by atoms with Crippen molar-refractivity contribution in [2.75, 3.05) is 13.2 Å². The van der Waals surface area contributed by atoms with Crippen LogP contribution in [0.15, 0.2) is 24.3 Å². The van der Waals surface area contributed by atoms with Crippen molar-refractivity contribution < 1.29 is 9.84 Å². The molecule has 20 heavy (non-hydrogen) atoms. The number of aliphatic hydroxyl groups excluding tert-OH is 1. The van der Waals surface area contributed by atoms with E-state index in [9.17, 15) is 10.4 Å². The first-order valence-electron chi connectivity index (χ1n) is 7.23. The highest BCUT2D eigenvalue weighted by Gasteiger charge is 2.46. The molecule has 0 amide bonds. The van der Waals surface area contributed by atoms with Crippen LogP contribution in [-0.4, -0.2) is 23.8 Å². The quantitative estimate of drug-likeness (QED) is 0.763. The van der Waals surface area contributed by atoms with Gasteiger partial charge in [-0.2, -0.15) is 5.26 Å². The fourth-order valence-electron chi connectivity index (χ4n) is 2.37. The van der Waals surface area contributed by atoms with Gasteiger partial charge < -0.3 is 9.84 Å². The van der Waals surface area contributed by atoms with Gasteiger partial charge in [0.15, 0.2) is 0 Å². The van der Waals surface area contributed by atoms with Crippen LogP contribution in [0, 0.1) is 17.2 Å². The Morgan fingerprint density at radius 2 is 2.20 bits per heavy atom. The number of ether oxygens (including phenoxy) is 1. The zero-order chi connectivity index (χ0) is 14.4. The smallest absolute Gasteiger partial charge is 0.143 e. The van der Waals surface area contributed by atoms with Crippen molar-refractivity contribution in [3.8, 4) is 11.8 Å². The van der Waals surface area contributed by atoms with E-state index in [2.05, 4.69) is 18.3 Å². The number of hydrogen-bond donors (Lipinski definition) is 2. The van der Waals surface area contributed by atoms with Crippen molar-refractivity contribution in [1.82, 2.24) is 5.32 Å². The van der Waals surface area contributed by atoms with Crippen molar-refractivity contribution in [2.45, 2.75) is 38.3 Å². The van der Waals surface area contributed by atoms with Crippen LogP contribution in [0.2, 0.25) is 0 Å². The predicted octanol–water partition coefficient (Wildman–Crippen LogP) is 2.23. The second-order valence-electron chi connectivity index (χ2n) is 5.34. The third-order valence-corrected chi connectivity index (χ3v) is 3.76. The van der Waals surface area contributed by atoms with E-state index in [1.807, 2.05) is 24.3 Å². The van der Waals surface area contributed by atoms with E-state index < -0.39 is 5.54 Å². The number of nitriles is 1. The molecule has 0 spiro atoms. The van der Waals surface area contributed by atoms with Gasteiger partial charge in [-0.15, -0.1) is 0 Å². The zero-order valence-corrected chi connectivity index (χ0v) is 11.9. The summed E-state index contributed by atoms with van der Waals surface area (Å²) in [6.45, 7) is 3.17. The maximum absolute atomic E-state index is 9.58. The van der Waals surface area contributed by atoms with Crippen molar-refractivity contribution in [2.24, 2.45) is 5.92 Å². The number of hydrogen-bond acceptors (Lipinski definition) is 4. The predicted molar refractivity (Wildman–Crippen MR) is 77.2 cm³/mol. The molecular formula is C16H22N2O2. The molecule has 1 aliphatic carbocycles. The summed E-state index contributed by atoms with van der Waals surface area (Å²) in [5.41, 5.74) is 0.157. The molecule has 0 saturated heterocycles. The first-order valence-corrected chi connectivity index (χ1v) is 7.23. The van der Waals surface area contributed by atoms with Gasteiger partial charge in [-0.1, -0.05) is 25.1 Å². The lowest BCUT2D eigenvalue weighted by molar-refractivity contribution is 0.195. The Morgan fingerprint density at radius 1 is 1.45 bits per heavy atom. The molecule has 1 aliphatic rings. The minimum atomic E-state index is -0.599. The van der Waals surface area contributed by atoms with Crippen molar-refractivity contribution in [3.63, 3.8) is 0 Å². The van der Waals surface area contributed by atoms with E-state index >= 15 is 0 Å². The molecule has 2 rings (SSSR count). The molecule has 1 saturated carbocycles. The van der Waals surface area contributed by atoms with Gasteiger partial charge in [-0.25, -0.2) is 0 Å². The fourth-order valence-corrected chi connectivity index (χ4v) is 2.37. The number of nitrogens with zero attached hydrogens (tertiary/aromatic N) is 1. The normalized spacial score (nSPS) is 17.2. The molecule has 4 heteroatoms. The fraction of sp³-hybridized carbons (Fsp3) is 0.562. The van der Waals surface area contributed by atoms with Crippen LogP contribution >= 0.6 is 0 Å². The Hall–Kier alpha value is -1.57. The summed E-state index contributed by atoms with van der Waals surface area (Å²) in [5.74, 6) is 1.04. The summed E-state index contributed by atoms with van der Waals surface area (Å²) < 4.78 is 5.84. The van der Waals surface area contributed by atoms with Gasteiger partial charge in [-0.3, -0.25) is 5.32 Å². The molecule has 0 aromatic heterocycles. The van der Waals surface area contributed by atoms with Crippen LogP contribution in [0.4, 0.5) is 0 Å². The highest BCUT2D eigenvalue weighted by molar-refractivity contribution is 5.33. The van der Waals surface area contributed by atoms with Crippen LogP contribution in [0.1, 0.15) is 31.7 Å². The van der Waals surface area contributed by atoms with Crippen molar-refractivity contribution in [1.29, 1.82) is 5.26 Å². The lowest BCUT2D eigenvalue weighted by atomic mass is 9.96. The van der Waals surface area contributed by atoms with Crippen LogP contribution in [0.3, 0.4) is 0 Å². The lowest BCUT2D eigenvalue weighted by Gasteiger charge is -2.28. The van der Waals surface area contributed by atoms with Gasteiger partial charge in [0.1, 0.15) is 17.9 Å². The highest BCUT2D eigenvalue weighted by Crippen LogP contribution is 2.40. The van der Waals surface area contributed by atoms with Gasteiger partial charge in [0.05, 0.1) is 12.7 Å². The van der Waals surface area contributed by atoms with E-state index in [0.717, 1.165) is 31.4 Å². The average molecular weight is 274 g/mol. The number of benzene rings is 1. The molecule has 1 aromatic carbocycles. The molecule has 1 unspecified atom stereocenters. The average Bonchev–Trinajstić information content (AvgIpc) is 3.33. The maximum atomic E-state index is 9.58. The van der Waals surface area contributed by atoms with Crippen LogP contribution in [-0.2, 0) is 6.61 Å². The van der Waals surface area contributed by atoms with E-state index in [0.29, 0.717) is 18.3 Å². The lowest BCUT2D eigenvalue weighted by Crippen LogP contribution is -2.51. The Labute approximate surface area is 120 Å². The SMILES string of the molecule is CCCNC(C#N)(COc1ccccc1CO)C1CC1. The topological polar surface area (TPSA) is 65.3 Å². The van der Waals surface area contributed by atoms with Crippen LogP contribution in [0.5, 0.6) is 5.75 Å². The number of para-hydroxylation sites is 1. The second-order valence-corrected chi connectivity index (χ2v) is 5.34. The van der Waals surface area contributed by atoms with Crippen LogP contribution < -0.4 is 10.1 Å². The van der Waals surface area contributed by atoms with Crippen molar-refractivity contribution >= 4 is 0 Å². The molecule has 0 radical (unpaired) electrons. The summed E-state index contributed by atoms with van der Waals surface area (Å²) in [6, 6.07) is 9.83. The molecule has 4 nitrogen and oxygen atoms in total. The number of aliphatic hydroxyl groups is 1. The number of nitrogens with one attached hydrogen (secondary N) is 1. The summed E-state index contributed by atoms with van der Waals surface area (Å²) in [5, 5.41) is 22.2. The van der Waals surface area contributed by atoms with Crippen LogP contribution in [0.25, 0.3) is 0 Å². The molecule has 1 fully saturated rings. The summed E-state index contributed by atoms with van der Waals surface area (Å²) in [7, 11) is 0. The van der Waals surface area contributed by atoms with E-state index in [-0.39, 0.29) is 6.61 Å². The zero-order valence-electron chi connectivity index (χ0n) is 11.9. The van der Waals surface area contributed by atoms with E-state index in [4.69, 9.17) is 4.74 Å². The standard InChI is InChI=1S/C16H22N2O2/c1-2-9-18-16(11-17,14-7-8-14)12-20-15-6-4-3-5-13(15)10-19/h3-6,14,18-19H,2,7-10,12H2,1H3. The second kappa shape index (κ2) is 6.74. The molecule has 0 aliphatic heterocycles. The molecule has 0 heterocycles. The first-order chi connectivity index (χ1) is 9.75. The molecular weight excluding hydrogens is 252 g/mol. The summed E-state index contributed by atoms with van der Waals surface area (Å²) >= 11 is 0. The van der Waals surface area contributed by atoms with E-state index in [1.165, 1.54) is 0 Å². The maximum Gasteiger partial charge on any atom is 0.143 e. The molecule has 108 valence electrons. The molecule has 1 atom stereocenters. The monoisotopic (exact) mass is 274 g/mol. The van der Waals surface area contributed by atoms with Gasteiger partial charge in [0, 0.05) is 5.56 Å². The van der Waals surface area contributed by atoms with Gasteiger partial charge in [0.25, 0.3) is 0 Å². The first kappa shape index (κ1) is 14.8. The van der Waals surface area contributed by atoms with Crippen molar-refractivity contribution in [3.05, 3.63) is 29.8 Å². The molecule has 2 N–H and O–H groups in total. The molecule has 0 bridgehead atoms. The van der Waals surface area contributed by atoms with Gasteiger partial charge in [0.2, 0.25) is 0 Å². The minimum Gasteiger partial charge on any atom is -0.490 e. The third kappa shape index (κ3) is 3.30. The Bertz CT molecular complexity index is 480. The largest absolute Gasteiger partial charge is 0.490 e. The van der Waals surface area contributed by atoms with E-state index in [1.54, 1.807) is 0 Å². The highest BCUT2D eigenvalue weighted by atomic mass is 16.5. The Balaban J connectivity index is 2.07. The van der Waals surface area contributed by atoms with Gasteiger partial charge >= 0.3 is 0 Å².